The van der Waals surface area contributed by atoms with Gasteiger partial charge in [-0.3, -0.25) is 4.99 Å². The molecule has 0 bridgehead atoms. The first-order chi connectivity index (χ1) is 9.67. The minimum absolute atomic E-state index is 0.329. The Balaban J connectivity index is 2.26. The Morgan fingerprint density at radius 1 is 1.45 bits per heavy atom. The topological polar surface area (TPSA) is 45.6 Å². The number of nitrogens with one attached hydrogen (secondary N) is 2. The monoisotopic (exact) mass is 301 g/mol. The Hall–Kier alpha value is -0.420. The van der Waals surface area contributed by atoms with E-state index < -0.39 is 0 Å². The fourth-order valence-corrected chi connectivity index (χ4v) is 3.47. The number of aliphatic imine (C=N–C) groups is 1. The van der Waals surface area contributed by atoms with Gasteiger partial charge in [0.1, 0.15) is 0 Å². The molecular formula is C15H31N3OS. The molecule has 0 amide bonds. The number of thioether (sulfide) groups is 1. The van der Waals surface area contributed by atoms with Crippen LogP contribution in [0.1, 0.15) is 40.0 Å². The highest BCUT2D eigenvalue weighted by atomic mass is 32.2. The van der Waals surface area contributed by atoms with Crippen LogP contribution in [0.15, 0.2) is 4.99 Å². The van der Waals surface area contributed by atoms with E-state index in [-0.39, 0.29) is 0 Å². The zero-order valence-electron chi connectivity index (χ0n) is 13.4. The predicted octanol–water partition coefficient (Wildman–Crippen LogP) is 2.50. The van der Waals surface area contributed by atoms with E-state index in [4.69, 9.17) is 4.74 Å². The summed E-state index contributed by atoms with van der Waals surface area (Å²) in [6.07, 6.45) is 3.90. The molecule has 1 rings (SSSR count). The van der Waals surface area contributed by atoms with Crippen molar-refractivity contribution in [1.82, 2.24) is 10.6 Å². The van der Waals surface area contributed by atoms with Gasteiger partial charge in [0.05, 0.1) is 6.10 Å². The van der Waals surface area contributed by atoms with Gasteiger partial charge in [0, 0.05) is 32.0 Å². The molecule has 1 aliphatic rings. The summed E-state index contributed by atoms with van der Waals surface area (Å²) in [5.41, 5.74) is 0. The van der Waals surface area contributed by atoms with Crippen molar-refractivity contribution in [3.63, 3.8) is 0 Å². The van der Waals surface area contributed by atoms with Crippen molar-refractivity contribution < 1.29 is 4.74 Å². The van der Waals surface area contributed by atoms with Crippen molar-refractivity contribution in [1.29, 1.82) is 0 Å². The van der Waals surface area contributed by atoms with Crippen LogP contribution in [0, 0.1) is 5.92 Å². The van der Waals surface area contributed by atoms with Gasteiger partial charge in [-0.2, -0.15) is 11.8 Å². The average molecular weight is 302 g/mol. The molecule has 0 radical (unpaired) electrons. The molecule has 2 unspecified atom stereocenters. The van der Waals surface area contributed by atoms with E-state index in [1.54, 1.807) is 0 Å². The molecule has 5 heteroatoms. The van der Waals surface area contributed by atoms with Gasteiger partial charge in [-0.1, -0.05) is 13.8 Å². The Morgan fingerprint density at radius 2 is 2.25 bits per heavy atom. The Kier molecular flexibility index (Phi) is 9.10. The summed E-state index contributed by atoms with van der Waals surface area (Å²) in [5, 5.41) is 6.93. The molecule has 2 atom stereocenters. The molecule has 0 aromatic carbocycles. The molecule has 1 saturated heterocycles. The zero-order valence-corrected chi connectivity index (χ0v) is 14.3. The zero-order chi connectivity index (χ0) is 14.8. The maximum Gasteiger partial charge on any atom is 0.191 e. The third kappa shape index (κ3) is 6.84. The first-order valence-electron chi connectivity index (χ1n) is 7.83. The van der Waals surface area contributed by atoms with Crippen molar-refractivity contribution in [3.05, 3.63) is 0 Å². The molecule has 0 spiro atoms. The van der Waals surface area contributed by atoms with E-state index in [2.05, 4.69) is 36.4 Å². The normalized spacial score (nSPS) is 21.9. The molecule has 1 aliphatic heterocycles. The van der Waals surface area contributed by atoms with E-state index in [0.29, 0.717) is 18.1 Å². The van der Waals surface area contributed by atoms with Gasteiger partial charge >= 0.3 is 0 Å². The van der Waals surface area contributed by atoms with Gasteiger partial charge in [-0.25, -0.2) is 0 Å². The molecule has 1 heterocycles. The number of hydrogen-bond acceptors (Lipinski definition) is 3. The maximum absolute atomic E-state index is 5.77. The van der Waals surface area contributed by atoms with Crippen LogP contribution in [0.25, 0.3) is 0 Å². The molecule has 0 aromatic heterocycles. The first-order valence-corrected chi connectivity index (χ1v) is 8.99. The lowest BCUT2D eigenvalue weighted by Crippen LogP contribution is -2.46. The SMILES string of the molecule is CCOC(CCNC(=NC)NC1CCCSC1)C(C)C. The molecule has 118 valence electrons. The van der Waals surface area contributed by atoms with Gasteiger partial charge in [-0.15, -0.1) is 0 Å². The second-order valence-electron chi connectivity index (χ2n) is 5.58. The van der Waals surface area contributed by atoms with E-state index in [1.807, 2.05) is 18.8 Å². The molecule has 2 N–H and O–H groups in total. The molecule has 4 nitrogen and oxygen atoms in total. The van der Waals surface area contributed by atoms with E-state index in [0.717, 1.165) is 25.5 Å². The lowest BCUT2D eigenvalue weighted by atomic mass is 10.0. The molecule has 0 saturated carbocycles. The van der Waals surface area contributed by atoms with Crippen molar-refractivity contribution in [2.24, 2.45) is 10.9 Å². The number of nitrogens with zero attached hydrogens (tertiary/aromatic N) is 1. The first kappa shape index (κ1) is 17.6. The lowest BCUT2D eigenvalue weighted by Gasteiger charge is -2.25. The Bertz CT molecular complexity index is 278. The minimum Gasteiger partial charge on any atom is -0.378 e. The standard InChI is InChI=1S/C15H31N3OS/c1-5-19-14(12(2)3)8-9-17-15(16-4)18-13-7-6-10-20-11-13/h12-14H,5-11H2,1-4H3,(H2,16,17,18). The second-order valence-corrected chi connectivity index (χ2v) is 6.73. The van der Waals surface area contributed by atoms with Gasteiger partial charge in [0.15, 0.2) is 5.96 Å². The third-order valence-electron chi connectivity index (χ3n) is 3.57. The largest absolute Gasteiger partial charge is 0.378 e. The lowest BCUT2D eigenvalue weighted by molar-refractivity contribution is 0.0258. The van der Waals surface area contributed by atoms with Crippen LogP contribution in [-0.2, 0) is 4.74 Å². The molecule has 0 aromatic rings. The maximum atomic E-state index is 5.77. The van der Waals surface area contributed by atoms with Gasteiger partial charge in [-0.05, 0) is 37.9 Å². The smallest absolute Gasteiger partial charge is 0.191 e. The van der Waals surface area contributed by atoms with Crippen LogP contribution in [0.2, 0.25) is 0 Å². The van der Waals surface area contributed by atoms with E-state index in [9.17, 15) is 0 Å². The van der Waals surface area contributed by atoms with Crippen LogP contribution in [0.3, 0.4) is 0 Å². The fourth-order valence-electron chi connectivity index (χ4n) is 2.40. The predicted molar refractivity (Wildman–Crippen MR) is 89.7 cm³/mol. The number of hydrogen-bond donors (Lipinski definition) is 2. The van der Waals surface area contributed by atoms with E-state index in [1.165, 1.54) is 24.3 Å². The molecule has 1 fully saturated rings. The number of rotatable bonds is 7. The summed E-state index contributed by atoms with van der Waals surface area (Å²) in [7, 11) is 1.84. The summed E-state index contributed by atoms with van der Waals surface area (Å²) < 4.78 is 5.77. The van der Waals surface area contributed by atoms with Crippen molar-refractivity contribution >= 4 is 17.7 Å². The van der Waals surface area contributed by atoms with Gasteiger partial charge in [0.2, 0.25) is 0 Å². The third-order valence-corrected chi connectivity index (χ3v) is 4.79. The van der Waals surface area contributed by atoms with Crippen LogP contribution in [0.5, 0.6) is 0 Å². The van der Waals surface area contributed by atoms with Gasteiger partial charge < -0.3 is 15.4 Å². The highest BCUT2D eigenvalue weighted by Gasteiger charge is 2.16. The van der Waals surface area contributed by atoms with E-state index >= 15 is 0 Å². The van der Waals surface area contributed by atoms with Crippen molar-refractivity contribution in [2.45, 2.75) is 52.2 Å². The molecular weight excluding hydrogens is 270 g/mol. The highest BCUT2D eigenvalue weighted by Crippen LogP contribution is 2.16. The summed E-state index contributed by atoms with van der Waals surface area (Å²) in [6, 6.07) is 0.563. The Morgan fingerprint density at radius 3 is 2.80 bits per heavy atom. The second kappa shape index (κ2) is 10.3. The fraction of sp³-hybridized carbons (Fsp3) is 0.933. The van der Waals surface area contributed by atoms with Crippen LogP contribution >= 0.6 is 11.8 Å². The summed E-state index contributed by atoms with van der Waals surface area (Å²) in [4.78, 5) is 4.31. The highest BCUT2D eigenvalue weighted by molar-refractivity contribution is 7.99. The van der Waals surface area contributed by atoms with Crippen LogP contribution in [0.4, 0.5) is 0 Å². The summed E-state index contributed by atoms with van der Waals surface area (Å²) in [5.74, 6) is 3.97. The van der Waals surface area contributed by atoms with Crippen molar-refractivity contribution in [3.8, 4) is 0 Å². The molecule has 0 aliphatic carbocycles. The quantitative estimate of drug-likeness (QED) is 0.560. The van der Waals surface area contributed by atoms with Crippen LogP contribution < -0.4 is 10.6 Å². The summed E-state index contributed by atoms with van der Waals surface area (Å²) >= 11 is 2.03. The average Bonchev–Trinajstić information content (AvgIpc) is 2.46. The minimum atomic E-state index is 0.329. The molecule has 20 heavy (non-hydrogen) atoms. The Labute approximate surface area is 128 Å². The number of ether oxygens (including phenoxy) is 1. The summed E-state index contributed by atoms with van der Waals surface area (Å²) in [6.45, 7) is 8.18. The number of guanidine groups is 1. The van der Waals surface area contributed by atoms with Crippen LogP contribution in [-0.4, -0.2) is 49.8 Å². The van der Waals surface area contributed by atoms with Gasteiger partial charge in [0.25, 0.3) is 0 Å². The van der Waals surface area contributed by atoms with Crippen molar-refractivity contribution in [2.75, 3.05) is 31.7 Å².